The highest BCUT2D eigenvalue weighted by molar-refractivity contribution is 9.11. The van der Waals surface area contributed by atoms with Crippen LogP contribution < -0.4 is 15.8 Å². The SMILES string of the molecule is COc1cc(NC(=O)c2ccc(N)c(F)c2)c(Br)cc1Br. The van der Waals surface area contributed by atoms with Gasteiger partial charge in [0.25, 0.3) is 5.91 Å². The van der Waals surface area contributed by atoms with E-state index in [1.165, 1.54) is 19.2 Å². The van der Waals surface area contributed by atoms with Crippen molar-refractivity contribution in [3.8, 4) is 5.75 Å². The summed E-state index contributed by atoms with van der Waals surface area (Å²) in [6.07, 6.45) is 0. The molecule has 21 heavy (non-hydrogen) atoms. The van der Waals surface area contributed by atoms with E-state index in [0.717, 1.165) is 10.5 Å². The molecule has 0 atom stereocenters. The van der Waals surface area contributed by atoms with Crippen LogP contribution in [0.5, 0.6) is 5.75 Å². The lowest BCUT2D eigenvalue weighted by Gasteiger charge is -2.11. The summed E-state index contributed by atoms with van der Waals surface area (Å²) >= 11 is 6.68. The predicted octanol–water partition coefficient (Wildman–Crippen LogP) is 4.19. The van der Waals surface area contributed by atoms with Gasteiger partial charge in [-0.2, -0.15) is 0 Å². The lowest BCUT2D eigenvalue weighted by atomic mass is 10.2. The Bertz CT molecular complexity index is 708. The summed E-state index contributed by atoms with van der Waals surface area (Å²) in [5, 5.41) is 2.68. The van der Waals surface area contributed by atoms with E-state index in [1.54, 1.807) is 12.1 Å². The zero-order valence-electron chi connectivity index (χ0n) is 10.9. The normalized spacial score (nSPS) is 10.3. The van der Waals surface area contributed by atoms with Gasteiger partial charge in [-0.1, -0.05) is 0 Å². The van der Waals surface area contributed by atoms with Gasteiger partial charge >= 0.3 is 0 Å². The Morgan fingerprint density at radius 3 is 2.57 bits per heavy atom. The minimum atomic E-state index is -0.630. The molecule has 0 fully saturated rings. The molecule has 0 aliphatic rings. The highest BCUT2D eigenvalue weighted by Gasteiger charge is 2.13. The number of hydrogen-bond acceptors (Lipinski definition) is 3. The van der Waals surface area contributed by atoms with Crippen LogP contribution in [0.4, 0.5) is 15.8 Å². The maximum absolute atomic E-state index is 13.4. The van der Waals surface area contributed by atoms with Crippen LogP contribution in [0, 0.1) is 5.82 Å². The highest BCUT2D eigenvalue weighted by Crippen LogP contribution is 2.34. The Labute approximate surface area is 137 Å². The zero-order chi connectivity index (χ0) is 15.6. The molecule has 0 saturated carbocycles. The van der Waals surface area contributed by atoms with Crippen LogP contribution in [0.3, 0.4) is 0 Å². The second kappa shape index (κ2) is 6.44. The van der Waals surface area contributed by atoms with Crippen molar-refractivity contribution in [2.45, 2.75) is 0 Å². The number of hydrogen-bond donors (Lipinski definition) is 2. The van der Waals surface area contributed by atoms with Gasteiger partial charge < -0.3 is 15.8 Å². The van der Waals surface area contributed by atoms with Crippen LogP contribution in [0.15, 0.2) is 39.3 Å². The van der Waals surface area contributed by atoms with Gasteiger partial charge in [-0.15, -0.1) is 0 Å². The lowest BCUT2D eigenvalue weighted by Crippen LogP contribution is -2.13. The molecule has 0 radical (unpaired) electrons. The summed E-state index contributed by atoms with van der Waals surface area (Å²) in [7, 11) is 1.52. The van der Waals surface area contributed by atoms with E-state index in [4.69, 9.17) is 10.5 Å². The molecule has 3 N–H and O–H groups in total. The minimum Gasteiger partial charge on any atom is -0.495 e. The van der Waals surface area contributed by atoms with E-state index in [9.17, 15) is 9.18 Å². The van der Waals surface area contributed by atoms with Crippen LogP contribution in [0.1, 0.15) is 10.4 Å². The van der Waals surface area contributed by atoms with Gasteiger partial charge in [0.2, 0.25) is 0 Å². The molecule has 7 heteroatoms. The summed E-state index contributed by atoms with van der Waals surface area (Å²) in [6.45, 7) is 0. The number of carbonyl (C=O) groups is 1. The average molecular weight is 418 g/mol. The summed E-state index contributed by atoms with van der Waals surface area (Å²) in [5.41, 5.74) is 6.07. The quantitative estimate of drug-likeness (QED) is 0.735. The smallest absolute Gasteiger partial charge is 0.255 e. The van der Waals surface area contributed by atoms with E-state index in [0.29, 0.717) is 15.9 Å². The van der Waals surface area contributed by atoms with Gasteiger partial charge in [-0.05, 0) is 56.1 Å². The Kier molecular flexibility index (Phi) is 4.84. The highest BCUT2D eigenvalue weighted by atomic mass is 79.9. The molecule has 2 aromatic carbocycles. The van der Waals surface area contributed by atoms with Crippen LogP contribution in [0.2, 0.25) is 0 Å². The molecule has 0 bridgehead atoms. The van der Waals surface area contributed by atoms with Crippen molar-refractivity contribution in [1.29, 1.82) is 0 Å². The monoisotopic (exact) mass is 416 g/mol. The molecule has 0 aromatic heterocycles. The number of nitrogen functional groups attached to an aromatic ring is 1. The van der Waals surface area contributed by atoms with Gasteiger partial charge in [0, 0.05) is 16.1 Å². The summed E-state index contributed by atoms with van der Waals surface area (Å²) < 4.78 is 20.0. The number of halogens is 3. The Morgan fingerprint density at radius 2 is 1.95 bits per heavy atom. The molecule has 0 aliphatic heterocycles. The minimum absolute atomic E-state index is 0.00181. The van der Waals surface area contributed by atoms with Crippen molar-refractivity contribution >= 4 is 49.1 Å². The molecule has 0 spiro atoms. The Hall–Kier alpha value is -1.60. The molecule has 2 rings (SSSR count). The van der Waals surface area contributed by atoms with E-state index >= 15 is 0 Å². The molecule has 0 heterocycles. The van der Waals surface area contributed by atoms with Crippen LogP contribution in [-0.4, -0.2) is 13.0 Å². The zero-order valence-corrected chi connectivity index (χ0v) is 14.1. The third kappa shape index (κ3) is 3.54. The van der Waals surface area contributed by atoms with Crippen molar-refractivity contribution < 1.29 is 13.9 Å². The van der Waals surface area contributed by atoms with Crippen molar-refractivity contribution in [1.82, 2.24) is 0 Å². The fraction of sp³-hybridized carbons (Fsp3) is 0.0714. The van der Waals surface area contributed by atoms with Gasteiger partial charge in [0.15, 0.2) is 0 Å². The summed E-state index contributed by atoms with van der Waals surface area (Å²) in [5.74, 6) is -0.508. The fourth-order valence-corrected chi connectivity index (χ4v) is 2.90. The topological polar surface area (TPSA) is 64.3 Å². The van der Waals surface area contributed by atoms with E-state index in [-0.39, 0.29) is 11.3 Å². The van der Waals surface area contributed by atoms with E-state index < -0.39 is 11.7 Å². The largest absolute Gasteiger partial charge is 0.495 e. The Balaban J connectivity index is 2.29. The molecule has 4 nitrogen and oxygen atoms in total. The number of anilines is 2. The summed E-state index contributed by atoms with van der Waals surface area (Å²) in [6, 6.07) is 7.30. The first-order chi connectivity index (χ1) is 9.92. The number of benzene rings is 2. The molecule has 0 unspecified atom stereocenters. The van der Waals surface area contributed by atoms with Gasteiger partial charge in [-0.3, -0.25) is 4.79 Å². The van der Waals surface area contributed by atoms with Crippen molar-refractivity contribution in [2.75, 3.05) is 18.2 Å². The van der Waals surface area contributed by atoms with Crippen LogP contribution in [-0.2, 0) is 0 Å². The molecular formula is C14H11Br2FN2O2. The Morgan fingerprint density at radius 1 is 1.24 bits per heavy atom. The van der Waals surface area contributed by atoms with Crippen molar-refractivity contribution in [3.05, 3.63) is 50.7 Å². The van der Waals surface area contributed by atoms with Gasteiger partial charge in [0.05, 0.1) is 23.0 Å². The number of nitrogens with one attached hydrogen (secondary N) is 1. The molecule has 0 aliphatic carbocycles. The molecule has 110 valence electrons. The first-order valence-electron chi connectivity index (χ1n) is 5.81. The number of rotatable bonds is 3. The van der Waals surface area contributed by atoms with E-state index in [1.807, 2.05) is 0 Å². The maximum Gasteiger partial charge on any atom is 0.255 e. The van der Waals surface area contributed by atoms with Crippen LogP contribution >= 0.6 is 31.9 Å². The number of ether oxygens (including phenoxy) is 1. The lowest BCUT2D eigenvalue weighted by molar-refractivity contribution is 0.102. The molecule has 0 saturated heterocycles. The van der Waals surface area contributed by atoms with Crippen molar-refractivity contribution in [2.24, 2.45) is 0 Å². The standard InChI is InChI=1S/C14H11Br2FN2O2/c1-21-13-6-12(8(15)5-9(13)16)19-14(20)7-2-3-11(18)10(17)4-7/h2-6H,18H2,1H3,(H,19,20). The van der Waals surface area contributed by atoms with Crippen LogP contribution in [0.25, 0.3) is 0 Å². The molecule has 2 aromatic rings. The third-order valence-corrected chi connectivity index (χ3v) is 4.03. The molecule has 1 amide bonds. The second-order valence-electron chi connectivity index (χ2n) is 4.16. The van der Waals surface area contributed by atoms with Gasteiger partial charge in [-0.25, -0.2) is 4.39 Å². The number of nitrogens with two attached hydrogens (primary N) is 1. The van der Waals surface area contributed by atoms with E-state index in [2.05, 4.69) is 37.2 Å². The first-order valence-corrected chi connectivity index (χ1v) is 7.40. The molecular weight excluding hydrogens is 407 g/mol. The van der Waals surface area contributed by atoms with Crippen molar-refractivity contribution in [3.63, 3.8) is 0 Å². The predicted molar refractivity (Wildman–Crippen MR) is 87.2 cm³/mol. The number of methoxy groups -OCH3 is 1. The fourth-order valence-electron chi connectivity index (χ4n) is 1.64. The first kappa shape index (κ1) is 15.8. The number of carbonyl (C=O) groups excluding carboxylic acids is 1. The number of amides is 1. The maximum atomic E-state index is 13.4. The average Bonchev–Trinajstić information content (AvgIpc) is 2.44. The summed E-state index contributed by atoms with van der Waals surface area (Å²) in [4.78, 5) is 12.1. The second-order valence-corrected chi connectivity index (χ2v) is 5.87. The third-order valence-electron chi connectivity index (χ3n) is 2.75. The van der Waals surface area contributed by atoms with Gasteiger partial charge in [0.1, 0.15) is 11.6 Å².